The summed E-state index contributed by atoms with van der Waals surface area (Å²) in [6.45, 7) is 2.76. The SMILES string of the molecule is Cc1cccc(C(=O)N(Cc2ccsc2)C2CC2)c1. The van der Waals surface area contributed by atoms with Crippen LogP contribution in [0.1, 0.15) is 34.3 Å². The summed E-state index contributed by atoms with van der Waals surface area (Å²) >= 11 is 1.69. The average molecular weight is 271 g/mol. The van der Waals surface area contributed by atoms with E-state index in [1.165, 1.54) is 5.56 Å². The van der Waals surface area contributed by atoms with Gasteiger partial charge in [-0.3, -0.25) is 4.79 Å². The molecule has 1 aliphatic carbocycles. The van der Waals surface area contributed by atoms with Crippen molar-refractivity contribution in [1.82, 2.24) is 4.90 Å². The number of benzene rings is 1. The maximum absolute atomic E-state index is 12.6. The van der Waals surface area contributed by atoms with Crippen molar-refractivity contribution in [2.24, 2.45) is 0 Å². The molecule has 98 valence electrons. The van der Waals surface area contributed by atoms with Crippen LogP contribution in [0.25, 0.3) is 0 Å². The zero-order chi connectivity index (χ0) is 13.2. The van der Waals surface area contributed by atoms with Gasteiger partial charge in [0, 0.05) is 18.2 Å². The van der Waals surface area contributed by atoms with Gasteiger partial charge in [-0.25, -0.2) is 0 Å². The van der Waals surface area contributed by atoms with Crippen molar-refractivity contribution in [3.63, 3.8) is 0 Å². The van der Waals surface area contributed by atoms with Gasteiger partial charge in [-0.2, -0.15) is 11.3 Å². The van der Waals surface area contributed by atoms with E-state index >= 15 is 0 Å². The Hall–Kier alpha value is -1.61. The van der Waals surface area contributed by atoms with Crippen molar-refractivity contribution in [2.45, 2.75) is 32.4 Å². The van der Waals surface area contributed by atoms with E-state index in [1.54, 1.807) is 11.3 Å². The lowest BCUT2D eigenvalue weighted by atomic mass is 10.1. The van der Waals surface area contributed by atoms with E-state index in [4.69, 9.17) is 0 Å². The smallest absolute Gasteiger partial charge is 0.254 e. The van der Waals surface area contributed by atoms with Crippen LogP contribution < -0.4 is 0 Å². The van der Waals surface area contributed by atoms with Gasteiger partial charge in [0.2, 0.25) is 0 Å². The molecule has 0 atom stereocenters. The Labute approximate surface area is 117 Å². The number of amides is 1. The molecule has 1 aliphatic rings. The molecule has 0 saturated heterocycles. The summed E-state index contributed by atoms with van der Waals surface area (Å²) in [5, 5.41) is 4.19. The third kappa shape index (κ3) is 2.87. The predicted octanol–water partition coefficient (Wildman–Crippen LogP) is 3.86. The monoisotopic (exact) mass is 271 g/mol. The summed E-state index contributed by atoms with van der Waals surface area (Å²) in [5.41, 5.74) is 3.18. The molecule has 1 saturated carbocycles. The Kier molecular flexibility index (Phi) is 3.38. The maximum atomic E-state index is 12.6. The van der Waals surface area contributed by atoms with Crippen LogP contribution in [0, 0.1) is 6.92 Å². The Morgan fingerprint density at radius 2 is 2.21 bits per heavy atom. The third-order valence-corrected chi connectivity index (χ3v) is 4.18. The molecular formula is C16H17NOS. The molecule has 1 aromatic heterocycles. The highest BCUT2D eigenvalue weighted by atomic mass is 32.1. The lowest BCUT2D eigenvalue weighted by molar-refractivity contribution is 0.0730. The van der Waals surface area contributed by atoms with Crippen LogP contribution in [0.4, 0.5) is 0 Å². The maximum Gasteiger partial charge on any atom is 0.254 e. The molecule has 0 radical (unpaired) electrons. The topological polar surface area (TPSA) is 20.3 Å². The van der Waals surface area contributed by atoms with Gasteiger partial charge < -0.3 is 4.90 Å². The number of thiophene rings is 1. The van der Waals surface area contributed by atoms with Crippen LogP contribution in [-0.4, -0.2) is 16.8 Å². The molecule has 0 bridgehead atoms. The van der Waals surface area contributed by atoms with E-state index in [9.17, 15) is 4.79 Å². The molecule has 2 aromatic rings. The molecule has 1 heterocycles. The van der Waals surface area contributed by atoms with E-state index in [0.29, 0.717) is 6.04 Å². The second-order valence-corrected chi connectivity index (χ2v) is 5.95. The van der Waals surface area contributed by atoms with E-state index in [1.807, 2.05) is 36.1 Å². The Balaban J connectivity index is 1.82. The standard InChI is InChI=1S/C16H17NOS/c1-12-3-2-4-14(9-12)16(18)17(15-5-6-15)10-13-7-8-19-11-13/h2-4,7-9,11,15H,5-6,10H2,1H3. The first-order chi connectivity index (χ1) is 9.24. The largest absolute Gasteiger partial charge is 0.331 e. The zero-order valence-corrected chi connectivity index (χ0v) is 11.8. The van der Waals surface area contributed by atoms with Gasteiger partial charge >= 0.3 is 0 Å². The summed E-state index contributed by atoms with van der Waals surface area (Å²) in [4.78, 5) is 14.7. The summed E-state index contributed by atoms with van der Waals surface area (Å²) in [5.74, 6) is 0.164. The highest BCUT2D eigenvalue weighted by molar-refractivity contribution is 7.07. The first kappa shape index (κ1) is 12.4. The van der Waals surface area contributed by atoms with Crippen molar-refractivity contribution in [2.75, 3.05) is 0 Å². The quantitative estimate of drug-likeness (QED) is 0.827. The fourth-order valence-corrected chi connectivity index (χ4v) is 2.94. The van der Waals surface area contributed by atoms with Crippen molar-refractivity contribution < 1.29 is 4.79 Å². The van der Waals surface area contributed by atoms with Gasteiger partial charge in [-0.1, -0.05) is 17.7 Å². The van der Waals surface area contributed by atoms with Crippen LogP contribution in [0.5, 0.6) is 0 Å². The zero-order valence-electron chi connectivity index (χ0n) is 11.0. The summed E-state index contributed by atoms with van der Waals surface area (Å²) < 4.78 is 0. The number of carbonyl (C=O) groups is 1. The molecule has 0 N–H and O–H groups in total. The second kappa shape index (κ2) is 5.17. The fraction of sp³-hybridized carbons (Fsp3) is 0.312. The van der Waals surface area contributed by atoms with Gasteiger partial charge in [0.15, 0.2) is 0 Å². The summed E-state index contributed by atoms with van der Waals surface area (Å²) in [7, 11) is 0. The minimum absolute atomic E-state index is 0.164. The van der Waals surface area contributed by atoms with Crippen molar-refractivity contribution >= 4 is 17.2 Å². The molecule has 0 unspecified atom stereocenters. The Morgan fingerprint density at radius 1 is 1.37 bits per heavy atom. The van der Waals surface area contributed by atoms with Gasteiger partial charge in [0.1, 0.15) is 0 Å². The van der Waals surface area contributed by atoms with Crippen LogP contribution in [0.2, 0.25) is 0 Å². The molecule has 1 fully saturated rings. The molecular weight excluding hydrogens is 254 g/mol. The molecule has 3 rings (SSSR count). The normalized spacial score (nSPS) is 14.4. The molecule has 3 heteroatoms. The van der Waals surface area contributed by atoms with Crippen molar-refractivity contribution in [1.29, 1.82) is 0 Å². The number of aryl methyl sites for hydroxylation is 1. The average Bonchev–Trinajstić information content (AvgIpc) is 3.12. The van der Waals surface area contributed by atoms with Gasteiger partial charge in [-0.15, -0.1) is 0 Å². The Morgan fingerprint density at radius 3 is 2.84 bits per heavy atom. The lowest BCUT2D eigenvalue weighted by Crippen LogP contribution is -2.32. The number of nitrogens with zero attached hydrogens (tertiary/aromatic N) is 1. The van der Waals surface area contributed by atoms with E-state index in [0.717, 1.165) is 30.5 Å². The number of hydrogen-bond acceptors (Lipinski definition) is 2. The number of rotatable bonds is 4. The fourth-order valence-electron chi connectivity index (χ4n) is 2.28. The first-order valence-corrected chi connectivity index (χ1v) is 7.57. The molecule has 0 aliphatic heterocycles. The lowest BCUT2D eigenvalue weighted by Gasteiger charge is -2.22. The van der Waals surface area contributed by atoms with Crippen LogP contribution >= 0.6 is 11.3 Å². The van der Waals surface area contributed by atoms with Crippen molar-refractivity contribution in [3.05, 3.63) is 57.8 Å². The molecule has 19 heavy (non-hydrogen) atoms. The molecule has 0 spiro atoms. The van der Waals surface area contributed by atoms with E-state index < -0.39 is 0 Å². The van der Waals surface area contributed by atoms with Gasteiger partial charge in [-0.05, 0) is 54.3 Å². The summed E-state index contributed by atoms with van der Waals surface area (Å²) in [6.07, 6.45) is 2.28. The third-order valence-electron chi connectivity index (χ3n) is 3.45. The molecule has 1 aromatic carbocycles. The van der Waals surface area contributed by atoms with E-state index in [2.05, 4.69) is 16.8 Å². The molecule has 2 nitrogen and oxygen atoms in total. The highest BCUT2D eigenvalue weighted by Crippen LogP contribution is 2.30. The number of carbonyl (C=O) groups excluding carboxylic acids is 1. The van der Waals surface area contributed by atoms with Crippen LogP contribution in [0.15, 0.2) is 41.1 Å². The minimum atomic E-state index is 0.164. The first-order valence-electron chi connectivity index (χ1n) is 6.63. The van der Waals surface area contributed by atoms with Crippen molar-refractivity contribution in [3.8, 4) is 0 Å². The Bertz CT molecular complexity index is 572. The second-order valence-electron chi connectivity index (χ2n) is 5.17. The van der Waals surface area contributed by atoms with Crippen LogP contribution in [0.3, 0.4) is 0 Å². The van der Waals surface area contributed by atoms with Crippen LogP contribution in [-0.2, 0) is 6.54 Å². The summed E-state index contributed by atoms with van der Waals surface area (Å²) in [6, 6.07) is 10.4. The number of hydrogen-bond donors (Lipinski definition) is 0. The van der Waals surface area contributed by atoms with Gasteiger partial charge in [0.25, 0.3) is 5.91 Å². The predicted molar refractivity (Wildman–Crippen MR) is 78.4 cm³/mol. The molecule has 1 amide bonds. The van der Waals surface area contributed by atoms with E-state index in [-0.39, 0.29) is 5.91 Å². The van der Waals surface area contributed by atoms with Gasteiger partial charge in [0.05, 0.1) is 0 Å². The minimum Gasteiger partial charge on any atom is -0.331 e. The highest BCUT2D eigenvalue weighted by Gasteiger charge is 2.33.